The van der Waals surface area contributed by atoms with Crippen molar-refractivity contribution in [3.8, 4) is 0 Å². The number of halogens is 2. The molecule has 0 aromatic heterocycles. The van der Waals surface area contributed by atoms with Crippen LogP contribution in [0.25, 0.3) is 0 Å². The van der Waals surface area contributed by atoms with Crippen molar-refractivity contribution in [2.24, 2.45) is 0 Å². The second-order valence-electron chi connectivity index (χ2n) is 9.04. The van der Waals surface area contributed by atoms with Crippen LogP contribution in [0.15, 0.2) is 42.5 Å². The summed E-state index contributed by atoms with van der Waals surface area (Å²) in [6.45, 7) is 7.75. The third kappa shape index (κ3) is 8.68. The zero-order valence-corrected chi connectivity index (χ0v) is 23.8. The lowest BCUT2D eigenvalue weighted by molar-refractivity contribution is -0.140. The highest BCUT2D eigenvalue weighted by atomic mass is 35.5. The van der Waals surface area contributed by atoms with E-state index in [1.165, 1.54) is 9.21 Å². The fourth-order valence-corrected chi connectivity index (χ4v) is 4.95. The van der Waals surface area contributed by atoms with Gasteiger partial charge in [-0.05, 0) is 69.0 Å². The molecule has 7 nitrogen and oxygen atoms in total. The number of anilines is 1. The Hall–Kier alpha value is -2.29. The van der Waals surface area contributed by atoms with Crippen LogP contribution in [0.1, 0.15) is 51.2 Å². The van der Waals surface area contributed by atoms with Gasteiger partial charge in [-0.15, -0.1) is 0 Å². The molecule has 0 bridgehead atoms. The van der Waals surface area contributed by atoms with E-state index < -0.39 is 16.1 Å². The first-order chi connectivity index (χ1) is 16.8. The molecular formula is C26H35Cl2N3O4S. The minimum Gasteiger partial charge on any atom is -0.352 e. The number of nitrogens with one attached hydrogen (secondary N) is 1. The van der Waals surface area contributed by atoms with Crippen molar-refractivity contribution >= 4 is 50.7 Å². The van der Waals surface area contributed by atoms with Gasteiger partial charge in [0.1, 0.15) is 6.04 Å². The highest BCUT2D eigenvalue weighted by molar-refractivity contribution is 7.92. The van der Waals surface area contributed by atoms with Gasteiger partial charge in [0.15, 0.2) is 0 Å². The number of hydrogen-bond donors (Lipinski definition) is 1. The molecule has 2 aromatic rings. The maximum atomic E-state index is 13.3. The van der Waals surface area contributed by atoms with Crippen molar-refractivity contribution in [3.05, 3.63) is 63.6 Å². The molecule has 36 heavy (non-hydrogen) atoms. The van der Waals surface area contributed by atoms with Crippen molar-refractivity contribution < 1.29 is 18.0 Å². The van der Waals surface area contributed by atoms with Gasteiger partial charge in [0, 0.05) is 25.6 Å². The third-order valence-corrected chi connectivity index (χ3v) is 7.88. The van der Waals surface area contributed by atoms with Crippen LogP contribution in [0.2, 0.25) is 10.0 Å². The molecule has 1 N–H and O–H groups in total. The largest absolute Gasteiger partial charge is 0.352 e. The average molecular weight is 557 g/mol. The maximum absolute atomic E-state index is 13.3. The topological polar surface area (TPSA) is 86.8 Å². The van der Waals surface area contributed by atoms with Crippen molar-refractivity contribution in [1.82, 2.24) is 10.2 Å². The van der Waals surface area contributed by atoms with E-state index in [0.717, 1.165) is 23.8 Å². The molecular weight excluding hydrogens is 521 g/mol. The first kappa shape index (κ1) is 29.9. The second kappa shape index (κ2) is 13.3. The van der Waals surface area contributed by atoms with Crippen LogP contribution in [0.3, 0.4) is 0 Å². The third-order valence-electron chi connectivity index (χ3n) is 5.95. The maximum Gasteiger partial charge on any atom is 0.242 e. The molecule has 0 heterocycles. The number of sulfonamides is 1. The summed E-state index contributed by atoms with van der Waals surface area (Å²) in [5.74, 6) is -0.513. The molecule has 0 unspecified atom stereocenters. The molecule has 0 aliphatic heterocycles. The van der Waals surface area contributed by atoms with Crippen LogP contribution < -0.4 is 9.62 Å². The van der Waals surface area contributed by atoms with Gasteiger partial charge in [-0.1, -0.05) is 48.3 Å². The van der Waals surface area contributed by atoms with E-state index in [9.17, 15) is 18.0 Å². The zero-order chi connectivity index (χ0) is 27.0. The van der Waals surface area contributed by atoms with Crippen molar-refractivity contribution in [2.45, 2.75) is 65.6 Å². The van der Waals surface area contributed by atoms with Crippen molar-refractivity contribution in [1.29, 1.82) is 0 Å². The van der Waals surface area contributed by atoms with Gasteiger partial charge in [-0.3, -0.25) is 13.9 Å². The molecule has 0 radical (unpaired) electrons. The number of aryl methyl sites for hydroxylation is 1. The predicted octanol–water partition coefficient (Wildman–Crippen LogP) is 5.18. The molecule has 2 atom stereocenters. The smallest absolute Gasteiger partial charge is 0.242 e. The van der Waals surface area contributed by atoms with Crippen LogP contribution in [0.5, 0.6) is 0 Å². The van der Waals surface area contributed by atoms with Crippen LogP contribution in [0, 0.1) is 6.92 Å². The number of amides is 2. The Morgan fingerprint density at radius 1 is 1.06 bits per heavy atom. The van der Waals surface area contributed by atoms with E-state index in [1.54, 1.807) is 43.3 Å². The summed E-state index contributed by atoms with van der Waals surface area (Å²) in [7, 11) is -3.54. The molecule has 198 valence electrons. The van der Waals surface area contributed by atoms with Crippen molar-refractivity contribution in [2.75, 3.05) is 17.1 Å². The lowest BCUT2D eigenvalue weighted by Crippen LogP contribution is -2.49. The molecule has 0 aliphatic rings. The molecule has 0 fully saturated rings. The molecule has 0 saturated heterocycles. The normalized spacial score (nSPS) is 13.1. The van der Waals surface area contributed by atoms with Gasteiger partial charge < -0.3 is 10.2 Å². The monoisotopic (exact) mass is 555 g/mol. The number of nitrogens with zero attached hydrogens (tertiary/aromatic N) is 2. The number of carbonyl (C=O) groups excluding carboxylic acids is 2. The van der Waals surface area contributed by atoms with Gasteiger partial charge in [-0.25, -0.2) is 8.42 Å². The minimum atomic E-state index is -3.54. The molecule has 2 amide bonds. The van der Waals surface area contributed by atoms with Crippen LogP contribution in [-0.4, -0.2) is 50.0 Å². The molecule has 0 spiro atoms. The van der Waals surface area contributed by atoms with E-state index in [-0.39, 0.29) is 43.8 Å². The fourth-order valence-electron chi connectivity index (χ4n) is 3.67. The van der Waals surface area contributed by atoms with Crippen LogP contribution in [0.4, 0.5) is 5.69 Å². The highest BCUT2D eigenvalue weighted by Crippen LogP contribution is 2.24. The summed E-state index contributed by atoms with van der Waals surface area (Å²) < 4.78 is 26.2. The van der Waals surface area contributed by atoms with Gasteiger partial charge in [0.2, 0.25) is 21.8 Å². The minimum absolute atomic E-state index is 0.0282. The molecule has 10 heteroatoms. The number of carbonyl (C=O) groups is 2. The fraction of sp³-hybridized carbons (Fsp3) is 0.462. The molecule has 0 aliphatic carbocycles. The summed E-state index contributed by atoms with van der Waals surface area (Å²) in [4.78, 5) is 27.7. The Morgan fingerprint density at radius 3 is 2.33 bits per heavy atom. The average Bonchev–Trinajstić information content (AvgIpc) is 2.80. The van der Waals surface area contributed by atoms with E-state index in [2.05, 4.69) is 5.32 Å². The Labute approximate surface area is 224 Å². The number of benzene rings is 2. The summed E-state index contributed by atoms with van der Waals surface area (Å²) in [6.07, 6.45) is 2.27. The first-order valence-corrected chi connectivity index (χ1v) is 14.5. The number of rotatable bonds is 12. The molecule has 2 rings (SSSR count). The lowest BCUT2D eigenvalue weighted by atomic mass is 10.1. The lowest BCUT2D eigenvalue weighted by Gasteiger charge is -2.30. The highest BCUT2D eigenvalue weighted by Gasteiger charge is 2.27. The Morgan fingerprint density at radius 2 is 1.75 bits per heavy atom. The Balaban J connectivity index is 2.20. The second-order valence-corrected chi connectivity index (χ2v) is 11.8. The van der Waals surface area contributed by atoms with E-state index in [4.69, 9.17) is 23.2 Å². The molecule has 2 aromatic carbocycles. The van der Waals surface area contributed by atoms with E-state index in [0.29, 0.717) is 15.7 Å². The summed E-state index contributed by atoms with van der Waals surface area (Å²) >= 11 is 12.2. The summed E-state index contributed by atoms with van der Waals surface area (Å²) in [5.41, 5.74) is 2.23. The first-order valence-electron chi connectivity index (χ1n) is 11.9. The van der Waals surface area contributed by atoms with E-state index in [1.807, 2.05) is 26.8 Å². The zero-order valence-electron chi connectivity index (χ0n) is 21.4. The van der Waals surface area contributed by atoms with Gasteiger partial charge in [-0.2, -0.15) is 0 Å². The quantitative estimate of drug-likeness (QED) is 0.391. The summed E-state index contributed by atoms with van der Waals surface area (Å²) in [5, 5.41) is 3.69. The molecule has 0 saturated carbocycles. The predicted molar refractivity (Wildman–Crippen MR) is 147 cm³/mol. The van der Waals surface area contributed by atoms with Crippen LogP contribution >= 0.6 is 23.2 Å². The SMILES string of the molecule is CC[C@@H](C)NC(=O)[C@H](C)N(Cc1ccc(Cl)c(Cl)c1)C(=O)CCCN(c1cccc(C)c1)S(C)(=O)=O. The Bertz CT molecular complexity index is 1170. The van der Waals surface area contributed by atoms with Gasteiger partial charge in [0.05, 0.1) is 22.0 Å². The van der Waals surface area contributed by atoms with Crippen LogP contribution in [-0.2, 0) is 26.2 Å². The number of hydrogen-bond acceptors (Lipinski definition) is 4. The van der Waals surface area contributed by atoms with Crippen molar-refractivity contribution in [3.63, 3.8) is 0 Å². The van der Waals surface area contributed by atoms with Gasteiger partial charge in [0.25, 0.3) is 0 Å². The van der Waals surface area contributed by atoms with Gasteiger partial charge >= 0.3 is 0 Å². The Kier molecular flexibility index (Phi) is 11.1. The summed E-state index contributed by atoms with van der Waals surface area (Å²) in [6, 6.07) is 11.5. The standard InChI is InChI=1S/C26H35Cl2N3O4S/c1-6-19(3)29-26(33)20(4)30(17-21-12-13-23(27)24(28)16-21)25(32)11-8-14-31(36(5,34)35)22-10-7-9-18(2)15-22/h7,9-10,12-13,15-16,19-20H,6,8,11,14,17H2,1-5H3,(H,29,33)/t19-,20+/m1/s1. The van der Waals surface area contributed by atoms with E-state index >= 15 is 0 Å².